The Morgan fingerprint density at radius 1 is 1.00 bits per heavy atom. The van der Waals surface area contributed by atoms with Crippen LogP contribution in [0, 0.1) is 19.7 Å². The number of hydrogen-bond donors (Lipinski definition) is 0. The summed E-state index contributed by atoms with van der Waals surface area (Å²) in [7, 11) is 0. The Kier molecular flexibility index (Phi) is 3.11. The summed E-state index contributed by atoms with van der Waals surface area (Å²) in [5.74, 6) is -0.229. The minimum absolute atomic E-state index is 0.229. The summed E-state index contributed by atoms with van der Waals surface area (Å²) in [5.41, 5.74) is 4.71. The van der Waals surface area contributed by atoms with Crippen molar-refractivity contribution < 1.29 is 4.39 Å². The molecule has 0 aliphatic carbocycles. The second-order valence-corrected chi connectivity index (χ2v) is 5.00. The normalized spacial score (nSPS) is 10.8. The maximum absolute atomic E-state index is 13.8. The van der Waals surface area contributed by atoms with E-state index in [4.69, 9.17) is 0 Å². The van der Waals surface area contributed by atoms with Crippen LogP contribution in [0.1, 0.15) is 11.1 Å². The molecule has 0 unspecified atom stereocenters. The first-order chi connectivity index (χ1) is 9.63. The predicted molar refractivity (Wildman–Crippen MR) is 78.4 cm³/mol. The van der Waals surface area contributed by atoms with Crippen molar-refractivity contribution in [1.29, 1.82) is 0 Å². The van der Waals surface area contributed by atoms with E-state index in [1.807, 2.05) is 12.3 Å². The second kappa shape index (κ2) is 4.93. The van der Waals surface area contributed by atoms with Gasteiger partial charge in [-0.15, -0.1) is 0 Å². The molecule has 0 fully saturated rings. The van der Waals surface area contributed by atoms with E-state index in [2.05, 4.69) is 37.1 Å². The first-order valence-corrected chi connectivity index (χ1v) is 6.52. The van der Waals surface area contributed by atoms with Gasteiger partial charge in [0.2, 0.25) is 0 Å². The fraction of sp³-hybridized carbons (Fsp3) is 0.118. The molecule has 0 saturated carbocycles. The van der Waals surface area contributed by atoms with Crippen LogP contribution in [0.3, 0.4) is 0 Å². The summed E-state index contributed by atoms with van der Waals surface area (Å²) in [5, 5.41) is 4.34. The Morgan fingerprint density at radius 3 is 2.40 bits per heavy atom. The third-order valence-electron chi connectivity index (χ3n) is 3.24. The van der Waals surface area contributed by atoms with Crippen LogP contribution in [0.4, 0.5) is 4.39 Å². The molecule has 0 saturated heterocycles. The second-order valence-electron chi connectivity index (χ2n) is 5.00. The van der Waals surface area contributed by atoms with E-state index < -0.39 is 0 Å². The van der Waals surface area contributed by atoms with Gasteiger partial charge in [0.15, 0.2) is 0 Å². The molecule has 1 aromatic heterocycles. The van der Waals surface area contributed by atoms with Crippen LogP contribution in [0.25, 0.3) is 16.8 Å². The average molecular weight is 266 g/mol. The number of halogens is 1. The minimum Gasteiger partial charge on any atom is -0.240 e. The summed E-state index contributed by atoms with van der Waals surface area (Å²) in [6.07, 6.45) is 3.54. The predicted octanol–water partition coefficient (Wildman–Crippen LogP) is 4.30. The molecule has 2 aromatic carbocycles. The summed E-state index contributed by atoms with van der Waals surface area (Å²) in [4.78, 5) is 0. The van der Waals surface area contributed by atoms with E-state index in [1.54, 1.807) is 23.0 Å². The van der Waals surface area contributed by atoms with E-state index in [0.29, 0.717) is 5.56 Å². The topological polar surface area (TPSA) is 17.8 Å². The Labute approximate surface area is 117 Å². The van der Waals surface area contributed by atoms with Gasteiger partial charge in [-0.25, -0.2) is 9.07 Å². The highest BCUT2D eigenvalue weighted by Gasteiger charge is 2.08. The van der Waals surface area contributed by atoms with Crippen LogP contribution >= 0.6 is 0 Å². The first-order valence-electron chi connectivity index (χ1n) is 6.52. The fourth-order valence-corrected chi connectivity index (χ4v) is 2.38. The van der Waals surface area contributed by atoms with Crippen LogP contribution in [0.15, 0.2) is 54.9 Å². The molecule has 100 valence electrons. The first kappa shape index (κ1) is 12.6. The van der Waals surface area contributed by atoms with E-state index in [0.717, 1.165) is 11.3 Å². The molecule has 0 N–H and O–H groups in total. The van der Waals surface area contributed by atoms with Crippen molar-refractivity contribution in [3.8, 4) is 16.8 Å². The van der Waals surface area contributed by atoms with E-state index in [9.17, 15) is 4.39 Å². The number of nitrogens with zero attached hydrogens (tertiary/aromatic N) is 2. The lowest BCUT2D eigenvalue weighted by Crippen LogP contribution is -1.95. The third kappa shape index (κ3) is 2.35. The summed E-state index contributed by atoms with van der Waals surface area (Å²) in [6.45, 7) is 4.11. The zero-order valence-corrected chi connectivity index (χ0v) is 11.5. The van der Waals surface area contributed by atoms with E-state index in [1.165, 1.54) is 17.2 Å². The van der Waals surface area contributed by atoms with Gasteiger partial charge in [0, 0.05) is 17.3 Å². The van der Waals surface area contributed by atoms with Gasteiger partial charge in [0.25, 0.3) is 0 Å². The highest BCUT2D eigenvalue weighted by molar-refractivity contribution is 5.63. The lowest BCUT2D eigenvalue weighted by atomic mass is 10.1. The molecule has 0 bridgehead atoms. The average Bonchev–Trinajstić information content (AvgIpc) is 2.87. The standard InChI is InChI=1S/C17H15FN2/c1-12-7-13(2)9-15(8-12)20-11-14(10-19-20)16-5-3-4-6-17(16)18/h3-11H,1-2H3. The summed E-state index contributed by atoms with van der Waals surface area (Å²) in [6, 6.07) is 13.0. The van der Waals surface area contributed by atoms with Crippen molar-refractivity contribution in [1.82, 2.24) is 9.78 Å². The van der Waals surface area contributed by atoms with Gasteiger partial charge < -0.3 is 0 Å². The van der Waals surface area contributed by atoms with E-state index in [-0.39, 0.29) is 5.82 Å². The Hall–Kier alpha value is -2.42. The molecule has 0 amide bonds. The summed E-state index contributed by atoms with van der Waals surface area (Å²) < 4.78 is 15.6. The highest BCUT2D eigenvalue weighted by atomic mass is 19.1. The zero-order valence-electron chi connectivity index (χ0n) is 11.5. The fourth-order valence-electron chi connectivity index (χ4n) is 2.38. The number of benzene rings is 2. The molecule has 0 aliphatic heterocycles. The van der Waals surface area contributed by atoms with Gasteiger partial charge >= 0.3 is 0 Å². The molecule has 1 heterocycles. The van der Waals surface area contributed by atoms with Gasteiger partial charge in [-0.2, -0.15) is 5.10 Å². The van der Waals surface area contributed by atoms with Gasteiger partial charge in [-0.05, 0) is 43.2 Å². The lowest BCUT2D eigenvalue weighted by molar-refractivity contribution is 0.631. The van der Waals surface area contributed by atoms with Crippen molar-refractivity contribution in [3.63, 3.8) is 0 Å². The lowest BCUT2D eigenvalue weighted by Gasteiger charge is -2.04. The molecule has 20 heavy (non-hydrogen) atoms. The summed E-state index contributed by atoms with van der Waals surface area (Å²) >= 11 is 0. The maximum atomic E-state index is 13.8. The molecule has 0 radical (unpaired) electrons. The zero-order chi connectivity index (χ0) is 14.1. The number of aromatic nitrogens is 2. The van der Waals surface area contributed by atoms with Crippen LogP contribution in [0.2, 0.25) is 0 Å². The monoisotopic (exact) mass is 266 g/mol. The van der Waals surface area contributed by atoms with E-state index >= 15 is 0 Å². The molecule has 3 aromatic rings. The maximum Gasteiger partial charge on any atom is 0.131 e. The molecular formula is C17H15FN2. The number of hydrogen-bond acceptors (Lipinski definition) is 1. The quantitative estimate of drug-likeness (QED) is 0.676. The van der Waals surface area contributed by atoms with Crippen LogP contribution in [-0.2, 0) is 0 Å². The van der Waals surface area contributed by atoms with Crippen molar-refractivity contribution in [2.75, 3.05) is 0 Å². The number of rotatable bonds is 2. The van der Waals surface area contributed by atoms with Crippen LogP contribution in [-0.4, -0.2) is 9.78 Å². The van der Waals surface area contributed by atoms with Crippen molar-refractivity contribution in [2.45, 2.75) is 13.8 Å². The molecule has 0 aliphatic rings. The molecule has 0 spiro atoms. The molecule has 2 nitrogen and oxygen atoms in total. The molecule has 3 rings (SSSR count). The molecule has 3 heteroatoms. The van der Waals surface area contributed by atoms with Gasteiger partial charge in [0.05, 0.1) is 11.9 Å². The number of aryl methyl sites for hydroxylation is 2. The van der Waals surface area contributed by atoms with Gasteiger partial charge in [-0.1, -0.05) is 24.3 Å². The van der Waals surface area contributed by atoms with Crippen molar-refractivity contribution in [2.24, 2.45) is 0 Å². The van der Waals surface area contributed by atoms with Crippen LogP contribution < -0.4 is 0 Å². The minimum atomic E-state index is -0.229. The third-order valence-corrected chi connectivity index (χ3v) is 3.24. The van der Waals surface area contributed by atoms with Crippen molar-refractivity contribution >= 4 is 0 Å². The molecular weight excluding hydrogens is 251 g/mol. The van der Waals surface area contributed by atoms with Crippen LogP contribution in [0.5, 0.6) is 0 Å². The Morgan fingerprint density at radius 2 is 1.70 bits per heavy atom. The largest absolute Gasteiger partial charge is 0.240 e. The smallest absolute Gasteiger partial charge is 0.131 e. The SMILES string of the molecule is Cc1cc(C)cc(-n2cc(-c3ccccc3F)cn2)c1. The molecule has 0 atom stereocenters. The Balaban J connectivity index is 2.04. The van der Waals surface area contributed by atoms with Crippen molar-refractivity contribution in [3.05, 3.63) is 71.8 Å². The highest BCUT2D eigenvalue weighted by Crippen LogP contribution is 2.23. The van der Waals surface area contributed by atoms with Gasteiger partial charge in [-0.3, -0.25) is 0 Å². The van der Waals surface area contributed by atoms with Gasteiger partial charge in [0.1, 0.15) is 5.82 Å². The Bertz CT molecular complexity index is 739.